The number of hydrogen-bond acceptors (Lipinski definition) is 3. The van der Waals surface area contributed by atoms with Gasteiger partial charge in [-0.05, 0) is 50.7 Å². The molecule has 1 aromatic carbocycles. The molecule has 1 aliphatic heterocycles. The molecule has 0 amide bonds. The lowest BCUT2D eigenvalue weighted by atomic mass is 9.95. The minimum atomic E-state index is -0.686. The van der Waals surface area contributed by atoms with Gasteiger partial charge in [-0.1, -0.05) is 31.5 Å². The van der Waals surface area contributed by atoms with Crippen molar-refractivity contribution in [2.45, 2.75) is 57.2 Å². The van der Waals surface area contributed by atoms with Crippen LogP contribution in [-0.2, 0) is 10.8 Å². The Balaban J connectivity index is 0.00000300. The first-order chi connectivity index (χ1) is 13.7. The van der Waals surface area contributed by atoms with Gasteiger partial charge in [-0.3, -0.25) is 9.20 Å². The molecular formula is C22H37IN4OS. The van der Waals surface area contributed by atoms with Gasteiger partial charge in [-0.2, -0.15) is 0 Å². The molecule has 0 spiro atoms. The van der Waals surface area contributed by atoms with Gasteiger partial charge in [0.25, 0.3) is 0 Å². The number of aliphatic imine (C=N–C) groups is 1. The van der Waals surface area contributed by atoms with Gasteiger partial charge in [0, 0.05) is 59.7 Å². The zero-order valence-electron chi connectivity index (χ0n) is 17.8. The summed E-state index contributed by atoms with van der Waals surface area (Å²) in [7, 11) is -0.686. The van der Waals surface area contributed by atoms with Crippen molar-refractivity contribution in [2.75, 3.05) is 36.8 Å². The molecule has 1 saturated heterocycles. The summed E-state index contributed by atoms with van der Waals surface area (Å²) in [5, 5.41) is 7.37. The maximum atomic E-state index is 12.2. The van der Waals surface area contributed by atoms with E-state index in [9.17, 15) is 4.21 Å². The Morgan fingerprint density at radius 2 is 2.00 bits per heavy atom. The third kappa shape index (κ3) is 7.42. The van der Waals surface area contributed by atoms with Gasteiger partial charge >= 0.3 is 0 Å². The molecule has 0 aromatic heterocycles. The number of rotatable bonds is 7. The van der Waals surface area contributed by atoms with Gasteiger partial charge in [0.05, 0.1) is 0 Å². The summed E-state index contributed by atoms with van der Waals surface area (Å²) in [5.74, 6) is 2.29. The fourth-order valence-corrected chi connectivity index (χ4v) is 5.69. The Morgan fingerprint density at radius 3 is 2.72 bits per heavy atom. The zero-order valence-corrected chi connectivity index (χ0v) is 21.0. The summed E-state index contributed by atoms with van der Waals surface area (Å²) < 4.78 is 12.2. The molecule has 1 aromatic rings. The predicted molar refractivity (Wildman–Crippen MR) is 136 cm³/mol. The molecule has 29 heavy (non-hydrogen) atoms. The Labute approximate surface area is 196 Å². The molecule has 4 unspecified atom stereocenters. The van der Waals surface area contributed by atoms with Gasteiger partial charge in [0.2, 0.25) is 0 Å². The van der Waals surface area contributed by atoms with Crippen molar-refractivity contribution in [1.82, 2.24) is 10.6 Å². The van der Waals surface area contributed by atoms with E-state index < -0.39 is 10.8 Å². The van der Waals surface area contributed by atoms with E-state index in [-0.39, 0.29) is 24.0 Å². The normalized spacial score (nSPS) is 25.9. The second-order valence-electron chi connectivity index (χ2n) is 7.96. The minimum absolute atomic E-state index is 0. The highest BCUT2D eigenvalue weighted by atomic mass is 127. The molecular weight excluding hydrogens is 495 g/mol. The van der Waals surface area contributed by atoms with Crippen molar-refractivity contribution in [2.24, 2.45) is 10.9 Å². The molecule has 3 rings (SSSR count). The average Bonchev–Trinajstić information content (AvgIpc) is 3.21. The number of hydrogen-bond donors (Lipinski definition) is 2. The van der Waals surface area contributed by atoms with Gasteiger partial charge in [0.1, 0.15) is 0 Å². The Kier molecular flexibility index (Phi) is 10.8. The highest BCUT2D eigenvalue weighted by Crippen LogP contribution is 2.24. The number of para-hydroxylation sites is 1. The first-order valence-corrected chi connectivity index (χ1v) is 12.3. The molecule has 0 radical (unpaired) electrons. The van der Waals surface area contributed by atoms with Crippen LogP contribution < -0.4 is 15.5 Å². The molecule has 0 bridgehead atoms. The van der Waals surface area contributed by atoms with Crippen LogP contribution in [0, 0.1) is 5.92 Å². The molecule has 1 heterocycles. The molecule has 4 atom stereocenters. The van der Waals surface area contributed by atoms with Crippen LogP contribution in [0.25, 0.3) is 0 Å². The predicted octanol–water partition coefficient (Wildman–Crippen LogP) is 3.77. The van der Waals surface area contributed by atoms with Gasteiger partial charge in [0.15, 0.2) is 5.96 Å². The minimum Gasteiger partial charge on any atom is -0.371 e. The number of nitrogens with zero attached hydrogens (tertiary/aromatic N) is 2. The van der Waals surface area contributed by atoms with Crippen LogP contribution in [0.15, 0.2) is 35.3 Å². The summed E-state index contributed by atoms with van der Waals surface area (Å²) in [6.45, 7) is 8.05. The Bertz CT molecular complexity index is 657. The number of anilines is 1. The summed E-state index contributed by atoms with van der Waals surface area (Å²) >= 11 is 0. The summed E-state index contributed by atoms with van der Waals surface area (Å²) in [6, 6.07) is 11.1. The van der Waals surface area contributed by atoms with Crippen molar-refractivity contribution in [1.29, 1.82) is 0 Å². The standard InChI is InChI=1S/C22H36N4OS.HI/c1-3-23-22(25-19-9-8-12-21(15-19)28(27)4-2)24-16-18-13-14-26(17-18)20-10-6-5-7-11-20;/h5-7,10-11,18-19,21H,3-4,8-9,12-17H2,1-2H3,(H2,23,24,25);1H. The monoisotopic (exact) mass is 532 g/mol. The molecule has 1 aliphatic carbocycles. The van der Waals surface area contributed by atoms with Gasteiger partial charge in [-0.15, -0.1) is 24.0 Å². The third-order valence-electron chi connectivity index (χ3n) is 5.88. The number of halogens is 1. The van der Waals surface area contributed by atoms with Crippen LogP contribution >= 0.6 is 24.0 Å². The van der Waals surface area contributed by atoms with E-state index in [4.69, 9.17) is 4.99 Å². The highest BCUT2D eigenvalue weighted by Gasteiger charge is 2.26. The highest BCUT2D eigenvalue weighted by molar-refractivity contribution is 14.0. The van der Waals surface area contributed by atoms with Gasteiger partial charge < -0.3 is 15.5 Å². The largest absolute Gasteiger partial charge is 0.371 e. The van der Waals surface area contributed by atoms with E-state index >= 15 is 0 Å². The smallest absolute Gasteiger partial charge is 0.191 e. The summed E-state index contributed by atoms with van der Waals surface area (Å²) in [6.07, 6.45) is 5.59. The lowest BCUT2D eigenvalue weighted by Gasteiger charge is -2.30. The first-order valence-electron chi connectivity index (χ1n) is 10.9. The fraction of sp³-hybridized carbons (Fsp3) is 0.682. The summed E-state index contributed by atoms with van der Waals surface area (Å²) in [5.41, 5.74) is 1.32. The van der Waals surface area contributed by atoms with Crippen LogP contribution in [0.2, 0.25) is 0 Å². The van der Waals surface area contributed by atoms with Gasteiger partial charge in [-0.25, -0.2) is 0 Å². The van der Waals surface area contributed by atoms with E-state index in [0.717, 1.165) is 63.6 Å². The molecule has 2 N–H and O–H groups in total. The average molecular weight is 533 g/mol. The van der Waals surface area contributed by atoms with Crippen molar-refractivity contribution >= 4 is 46.4 Å². The second kappa shape index (κ2) is 12.8. The zero-order chi connectivity index (χ0) is 19.8. The van der Waals surface area contributed by atoms with Crippen LogP contribution in [0.3, 0.4) is 0 Å². The molecule has 1 saturated carbocycles. The van der Waals surface area contributed by atoms with Crippen LogP contribution in [0.1, 0.15) is 46.0 Å². The molecule has 2 fully saturated rings. The summed E-state index contributed by atoms with van der Waals surface area (Å²) in [4.78, 5) is 7.36. The van der Waals surface area contributed by atoms with Crippen molar-refractivity contribution < 1.29 is 4.21 Å². The van der Waals surface area contributed by atoms with Crippen LogP contribution in [0.4, 0.5) is 5.69 Å². The molecule has 5 nitrogen and oxygen atoms in total. The number of benzene rings is 1. The topological polar surface area (TPSA) is 56.7 Å². The molecule has 2 aliphatic rings. The van der Waals surface area contributed by atoms with Crippen molar-refractivity contribution in [3.63, 3.8) is 0 Å². The maximum absolute atomic E-state index is 12.2. The Morgan fingerprint density at radius 1 is 1.21 bits per heavy atom. The fourth-order valence-electron chi connectivity index (χ4n) is 4.34. The maximum Gasteiger partial charge on any atom is 0.191 e. The first kappa shape index (κ1) is 24.4. The van der Waals surface area contributed by atoms with E-state index in [1.54, 1.807) is 0 Å². The van der Waals surface area contributed by atoms with Crippen LogP contribution in [0.5, 0.6) is 0 Å². The van der Waals surface area contributed by atoms with E-state index in [1.165, 1.54) is 12.1 Å². The third-order valence-corrected chi connectivity index (χ3v) is 7.62. The van der Waals surface area contributed by atoms with E-state index in [2.05, 4.69) is 52.8 Å². The molecule has 7 heteroatoms. The molecule has 164 valence electrons. The van der Waals surface area contributed by atoms with Crippen LogP contribution in [-0.4, -0.2) is 53.4 Å². The lowest BCUT2D eigenvalue weighted by Crippen LogP contribution is -2.46. The Hall–Kier alpha value is -0.830. The SMILES string of the molecule is CCNC(=NCC1CCN(c2ccccc2)C1)NC1CCCC(S(=O)CC)C1.I. The van der Waals surface area contributed by atoms with E-state index in [1.807, 2.05) is 6.92 Å². The van der Waals surface area contributed by atoms with E-state index in [0.29, 0.717) is 17.2 Å². The lowest BCUT2D eigenvalue weighted by molar-refractivity contribution is 0.413. The van der Waals surface area contributed by atoms with Crippen molar-refractivity contribution in [3.8, 4) is 0 Å². The number of guanidine groups is 1. The van der Waals surface area contributed by atoms with Crippen molar-refractivity contribution in [3.05, 3.63) is 30.3 Å². The second-order valence-corrected chi connectivity index (χ2v) is 9.96. The number of nitrogens with one attached hydrogen (secondary N) is 2. The quantitative estimate of drug-likeness (QED) is 0.319.